The van der Waals surface area contributed by atoms with E-state index < -0.39 is 5.25 Å². The van der Waals surface area contributed by atoms with Crippen LogP contribution in [-0.4, -0.2) is 5.91 Å². The van der Waals surface area contributed by atoms with Gasteiger partial charge >= 0.3 is 0 Å². The molecule has 3 rings (SSSR count). The molecule has 1 N–H and O–H groups in total. The maximum Gasteiger partial charge on any atom is 0.238 e. The van der Waals surface area contributed by atoms with Crippen molar-refractivity contribution in [3.8, 4) is 0 Å². The van der Waals surface area contributed by atoms with Gasteiger partial charge in [0.25, 0.3) is 0 Å². The molecular formula is C21H18FNOS. The molecule has 4 heteroatoms. The Labute approximate surface area is 151 Å². The van der Waals surface area contributed by atoms with E-state index in [1.54, 1.807) is 18.2 Å². The van der Waals surface area contributed by atoms with Gasteiger partial charge in [0.15, 0.2) is 0 Å². The Morgan fingerprint density at radius 1 is 0.880 bits per heavy atom. The van der Waals surface area contributed by atoms with Crippen molar-refractivity contribution in [1.82, 2.24) is 5.32 Å². The lowest BCUT2D eigenvalue weighted by Crippen LogP contribution is -2.27. The van der Waals surface area contributed by atoms with Crippen molar-refractivity contribution in [2.24, 2.45) is 0 Å². The molecule has 25 heavy (non-hydrogen) atoms. The van der Waals surface area contributed by atoms with Crippen LogP contribution in [-0.2, 0) is 11.3 Å². The number of nitrogens with one attached hydrogen (secondary N) is 1. The van der Waals surface area contributed by atoms with E-state index >= 15 is 0 Å². The first-order valence-electron chi connectivity index (χ1n) is 8.02. The highest BCUT2D eigenvalue weighted by atomic mass is 32.2. The average molecular weight is 351 g/mol. The minimum absolute atomic E-state index is 0.136. The molecule has 1 amide bonds. The van der Waals surface area contributed by atoms with Crippen LogP contribution in [0.15, 0.2) is 89.8 Å². The van der Waals surface area contributed by atoms with Crippen molar-refractivity contribution in [3.63, 3.8) is 0 Å². The lowest BCUT2D eigenvalue weighted by atomic mass is 10.1. The highest BCUT2D eigenvalue weighted by Gasteiger charge is 2.21. The number of hydrogen-bond donors (Lipinski definition) is 1. The fourth-order valence-corrected chi connectivity index (χ4v) is 3.52. The molecule has 2 nitrogen and oxygen atoms in total. The fourth-order valence-electron chi connectivity index (χ4n) is 2.45. The van der Waals surface area contributed by atoms with Crippen LogP contribution in [0.4, 0.5) is 4.39 Å². The highest BCUT2D eigenvalue weighted by molar-refractivity contribution is 8.00. The second kappa shape index (κ2) is 8.49. The first-order chi connectivity index (χ1) is 12.2. The average Bonchev–Trinajstić information content (AvgIpc) is 2.67. The minimum atomic E-state index is -0.393. The van der Waals surface area contributed by atoms with Crippen LogP contribution in [0.2, 0.25) is 0 Å². The van der Waals surface area contributed by atoms with Gasteiger partial charge < -0.3 is 5.32 Å². The summed E-state index contributed by atoms with van der Waals surface area (Å²) >= 11 is 1.48. The Hall–Kier alpha value is -2.59. The molecule has 1 atom stereocenters. The molecular weight excluding hydrogens is 333 g/mol. The van der Waals surface area contributed by atoms with Crippen LogP contribution in [0.5, 0.6) is 0 Å². The van der Waals surface area contributed by atoms with E-state index in [-0.39, 0.29) is 18.3 Å². The molecule has 0 fully saturated rings. The van der Waals surface area contributed by atoms with E-state index in [2.05, 4.69) is 5.32 Å². The Balaban J connectivity index is 1.76. The van der Waals surface area contributed by atoms with Crippen LogP contribution in [0.3, 0.4) is 0 Å². The number of thioether (sulfide) groups is 1. The number of hydrogen-bond acceptors (Lipinski definition) is 2. The van der Waals surface area contributed by atoms with Gasteiger partial charge in [0.1, 0.15) is 11.1 Å². The molecule has 126 valence electrons. The third-order valence-corrected chi connectivity index (χ3v) is 5.01. The van der Waals surface area contributed by atoms with Crippen LogP contribution < -0.4 is 5.32 Å². The monoisotopic (exact) mass is 351 g/mol. The second-order valence-electron chi connectivity index (χ2n) is 5.53. The molecule has 3 aromatic carbocycles. The van der Waals surface area contributed by atoms with E-state index in [0.717, 1.165) is 10.5 Å². The van der Waals surface area contributed by atoms with Crippen molar-refractivity contribution in [2.75, 3.05) is 0 Å². The standard InChI is InChI=1S/C21H18FNOS/c22-19-14-8-7-11-17(19)15-23-21(24)20(16-9-3-1-4-10-16)25-18-12-5-2-6-13-18/h1-14,20H,15H2,(H,23,24). The summed E-state index contributed by atoms with van der Waals surface area (Å²) < 4.78 is 13.8. The van der Waals surface area contributed by atoms with Crippen molar-refractivity contribution in [3.05, 3.63) is 102 Å². The van der Waals surface area contributed by atoms with E-state index in [1.165, 1.54) is 17.8 Å². The summed E-state index contributed by atoms with van der Waals surface area (Å²) in [4.78, 5) is 13.8. The zero-order chi connectivity index (χ0) is 17.5. The molecule has 0 aliphatic carbocycles. The van der Waals surface area contributed by atoms with E-state index in [1.807, 2.05) is 60.7 Å². The van der Waals surface area contributed by atoms with Crippen molar-refractivity contribution in [1.29, 1.82) is 0 Å². The van der Waals surface area contributed by atoms with Gasteiger partial charge in [-0.3, -0.25) is 4.79 Å². The van der Waals surface area contributed by atoms with Gasteiger partial charge in [0.05, 0.1) is 0 Å². The summed E-state index contributed by atoms with van der Waals surface area (Å²) in [5, 5.41) is 2.47. The number of amides is 1. The van der Waals surface area contributed by atoms with Crippen molar-refractivity contribution in [2.45, 2.75) is 16.7 Å². The number of carbonyl (C=O) groups is 1. The van der Waals surface area contributed by atoms with Crippen LogP contribution >= 0.6 is 11.8 Å². The predicted octanol–water partition coefficient (Wildman–Crippen LogP) is 4.98. The SMILES string of the molecule is O=C(NCc1ccccc1F)C(Sc1ccccc1)c1ccccc1. The fraction of sp³-hybridized carbons (Fsp3) is 0.0952. The molecule has 0 aromatic heterocycles. The Bertz CT molecular complexity index is 824. The second-order valence-corrected chi connectivity index (χ2v) is 6.71. The van der Waals surface area contributed by atoms with Gasteiger partial charge in [-0.2, -0.15) is 0 Å². The molecule has 0 aliphatic rings. The minimum Gasteiger partial charge on any atom is -0.351 e. The zero-order valence-corrected chi connectivity index (χ0v) is 14.4. The number of carbonyl (C=O) groups excluding carboxylic acids is 1. The third kappa shape index (κ3) is 4.70. The third-order valence-electron chi connectivity index (χ3n) is 3.75. The lowest BCUT2D eigenvalue weighted by molar-refractivity contribution is -0.120. The van der Waals surface area contributed by atoms with Crippen LogP contribution in [0.1, 0.15) is 16.4 Å². The lowest BCUT2D eigenvalue weighted by Gasteiger charge is -2.17. The molecule has 0 spiro atoms. The van der Waals surface area contributed by atoms with Crippen LogP contribution in [0, 0.1) is 5.82 Å². The Morgan fingerprint density at radius 2 is 1.48 bits per heavy atom. The van der Waals surface area contributed by atoms with Crippen molar-refractivity contribution >= 4 is 17.7 Å². The van der Waals surface area contributed by atoms with Gasteiger partial charge in [-0.05, 0) is 23.8 Å². The zero-order valence-electron chi connectivity index (χ0n) is 13.6. The topological polar surface area (TPSA) is 29.1 Å². The van der Waals surface area contributed by atoms with Gasteiger partial charge in [0, 0.05) is 17.0 Å². The van der Waals surface area contributed by atoms with Gasteiger partial charge in [-0.25, -0.2) is 4.39 Å². The summed E-state index contributed by atoms with van der Waals surface area (Å²) in [5.41, 5.74) is 1.40. The quantitative estimate of drug-likeness (QED) is 0.635. The van der Waals surface area contributed by atoms with Gasteiger partial charge in [-0.1, -0.05) is 66.7 Å². The maximum atomic E-state index is 13.8. The molecule has 1 unspecified atom stereocenters. The van der Waals surface area contributed by atoms with Gasteiger partial charge in [0.2, 0.25) is 5.91 Å². The van der Waals surface area contributed by atoms with Crippen molar-refractivity contribution < 1.29 is 9.18 Å². The molecule has 0 saturated heterocycles. The molecule has 0 saturated carbocycles. The first kappa shape index (κ1) is 17.2. The summed E-state index contributed by atoms with van der Waals surface area (Å²) in [6, 6.07) is 25.9. The van der Waals surface area contributed by atoms with Gasteiger partial charge in [-0.15, -0.1) is 11.8 Å². The van der Waals surface area contributed by atoms with E-state index in [9.17, 15) is 9.18 Å². The molecule has 0 aliphatic heterocycles. The summed E-state index contributed by atoms with van der Waals surface area (Å²) in [6.45, 7) is 0.171. The molecule has 3 aromatic rings. The maximum absolute atomic E-state index is 13.8. The number of halogens is 1. The Kier molecular flexibility index (Phi) is 5.86. The smallest absolute Gasteiger partial charge is 0.238 e. The summed E-state index contributed by atoms with van der Waals surface area (Å²) in [7, 11) is 0. The Morgan fingerprint density at radius 3 is 2.16 bits per heavy atom. The predicted molar refractivity (Wildman–Crippen MR) is 99.7 cm³/mol. The summed E-state index contributed by atoms with van der Waals surface area (Å²) in [6.07, 6.45) is 0. The number of benzene rings is 3. The largest absolute Gasteiger partial charge is 0.351 e. The normalized spacial score (nSPS) is 11.7. The van der Waals surface area contributed by atoms with E-state index in [0.29, 0.717) is 5.56 Å². The highest BCUT2D eigenvalue weighted by Crippen LogP contribution is 2.35. The first-order valence-corrected chi connectivity index (χ1v) is 8.90. The van der Waals surface area contributed by atoms with E-state index in [4.69, 9.17) is 0 Å². The van der Waals surface area contributed by atoms with Crippen LogP contribution in [0.25, 0.3) is 0 Å². The number of rotatable bonds is 6. The molecule has 0 radical (unpaired) electrons. The summed E-state index contributed by atoms with van der Waals surface area (Å²) in [5.74, 6) is -0.446. The molecule has 0 bridgehead atoms. The molecule has 0 heterocycles.